The fourth-order valence-corrected chi connectivity index (χ4v) is 3.54. The SMILES string of the molecule is CCC1CCC(N)(Cc2ccn(C(CC)CC)n2)CC1. The second kappa shape index (κ2) is 6.75. The Morgan fingerprint density at radius 2 is 1.95 bits per heavy atom. The molecule has 0 atom stereocenters. The van der Waals surface area contributed by atoms with Crippen LogP contribution in [0.3, 0.4) is 0 Å². The van der Waals surface area contributed by atoms with Gasteiger partial charge in [0.25, 0.3) is 0 Å². The lowest BCUT2D eigenvalue weighted by Crippen LogP contribution is -2.45. The van der Waals surface area contributed by atoms with Crippen molar-refractivity contribution in [2.75, 3.05) is 0 Å². The monoisotopic (exact) mass is 277 g/mol. The van der Waals surface area contributed by atoms with Crippen LogP contribution in [0.1, 0.15) is 77.5 Å². The molecule has 0 saturated heterocycles. The molecule has 1 fully saturated rings. The highest BCUT2D eigenvalue weighted by Gasteiger charge is 2.31. The number of rotatable bonds is 6. The van der Waals surface area contributed by atoms with E-state index >= 15 is 0 Å². The zero-order chi connectivity index (χ0) is 14.6. The first-order valence-electron chi connectivity index (χ1n) is 8.43. The van der Waals surface area contributed by atoms with Crippen molar-refractivity contribution in [1.82, 2.24) is 9.78 Å². The molecule has 0 spiro atoms. The van der Waals surface area contributed by atoms with Gasteiger partial charge in [-0.15, -0.1) is 0 Å². The number of hydrogen-bond acceptors (Lipinski definition) is 2. The average Bonchev–Trinajstić information content (AvgIpc) is 2.89. The van der Waals surface area contributed by atoms with E-state index < -0.39 is 0 Å². The van der Waals surface area contributed by atoms with Crippen LogP contribution in [-0.2, 0) is 6.42 Å². The van der Waals surface area contributed by atoms with Gasteiger partial charge in [-0.2, -0.15) is 5.10 Å². The Hall–Kier alpha value is -0.830. The van der Waals surface area contributed by atoms with Gasteiger partial charge in [0.2, 0.25) is 0 Å². The van der Waals surface area contributed by atoms with E-state index in [9.17, 15) is 0 Å². The third-order valence-electron chi connectivity index (χ3n) is 5.19. The summed E-state index contributed by atoms with van der Waals surface area (Å²) >= 11 is 0. The van der Waals surface area contributed by atoms with Crippen molar-refractivity contribution in [3.8, 4) is 0 Å². The van der Waals surface area contributed by atoms with Gasteiger partial charge >= 0.3 is 0 Å². The molecule has 1 aliphatic rings. The zero-order valence-electron chi connectivity index (χ0n) is 13.4. The Balaban J connectivity index is 1.96. The van der Waals surface area contributed by atoms with Crippen LogP contribution in [0.4, 0.5) is 0 Å². The minimum Gasteiger partial charge on any atom is -0.325 e. The molecule has 3 nitrogen and oxygen atoms in total. The topological polar surface area (TPSA) is 43.8 Å². The van der Waals surface area contributed by atoms with E-state index in [0.29, 0.717) is 6.04 Å². The van der Waals surface area contributed by atoms with E-state index in [2.05, 4.69) is 37.7 Å². The maximum absolute atomic E-state index is 6.61. The van der Waals surface area contributed by atoms with Crippen LogP contribution in [-0.4, -0.2) is 15.3 Å². The number of nitrogens with two attached hydrogens (primary N) is 1. The fourth-order valence-electron chi connectivity index (χ4n) is 3.54. The van der Waals surface area contributed by atoms with Gasteiger partial charge in [0, 0.05) is 18.2 Å². The number of aromatic nitrogens is 2. The van der Waals surface area contributed by atoms with E-state index in [1.54, 1.807) is 0 Å². The predicted octanol–water partition coefficient (Wildman–Crippen LogP) is 4.08. The van der Waals surface area contributed by atoms with Crippen LogP contribution in [0, 0.1) is 5.92 Å². The molecule has 20 heavy (non-hydrogen) atoms. The Morgan fingerprint density at radius 1 is 1.30 bits per heavy atom. The molecule has 2 N–H and O–H groups in total. The number of hydrogen-bond donors (Lipinski definition) is 1. The Labute approximate surface area is 123 Å². The maximum Gasteiger partial charge on any atom is 0.0643 e. The normalized spacial score (nSPS) is 27.1. The first-order chi connectivity index (χ1) is 9.60. The first kappa shape index (κ1) is 15.6. The third-order valence-corrected chi connectivity index (χ3v) is 5.19. The van der Waals surface area contributed by atoms with Crippen molar-refractivity contribution in [2.24, 2.45) is 11.7 Å². The summed E-state index contributed by atoms with van der Waals surface area (Å²) in [4.78, 5) is 0. The van der Waals surface area contributed by atoms with Crippen LogP contribution in [0.5, 0.6) is 0 Å². The molecule has 0 unspecified atom stereocenters. The molecule has 1 aromatic heterocycles. The van der Waals surface area contributed by atoms with Gasteiger partial charge in [-0.1, -0.05) is 27.2 Å². The van der Waals surface area contributed by atoms with E-state index in [1.807, 2.05) is 0 Å². The lowest BCUT2D eigenvalue weighted by molar-refractivity contribution is 0.226. The molecule has 0 aromatic carbocycles. The van der Waals surface area contributed by atoms with Crippen molar-refractivity contribution in [3.05, 3.63) is 18.0 Å². The first-order valence-corrected chi connectivity index (χ1v) is 8.43. The summed E-state index contributed by atoms with van der Waals surface area (Å²) in [6.45, 7) is 6.75. The highest BCUT2D eigenvalue weighted by atomic mass is 15.3. The summed E-state index contributed by atoms with van der Waals surface area (Å²) in [5.41, 5.74) is 7.77. The smallest absolute Gasteiger partial charge is 0.0643 e. The summed E-state index contributed by atoms with van der Waals surface area (Å²) in [6, 6.07) is 2.70. The predicted molar refractivity (Wildman–Crippen MR) is 84.7 cm³/mol. The standard InChI is InChI=1S/C17H31N3/c1-4-14-7-10-17(18,11-8-14)13-15-9-12-20(19-15)16(5-2)6-3/h9,12,14,16H,4-8,10-11,13,18H2,1-3H3. The highest BCUT2D eigenvalue weighted by Crippen LogP contribution is 2.34. The molecule has 1 heterocycles. The van der Waals surface area contributed by atoms with Crippen LogP contribution < -0.4 is 5.73 Å². The van der Waals surface area contributed by atoms with E-state index in [1.165, 1.54) is 25.0 Å². The van der Waals surface area contributed by atoms with Crippen molar-refractivity contribution in [1.29, 1.82) is 0 Å². The molecule has 0 aliphatic heterocycles. The van der Waals surface area contributed by atoms with Crippen molar-refractivity contribution in [2.45, 2.75) is 83.7 Å². The molecule has 114 valence electrons. The molecule has 1 aliphatic carbocycles. The van der Waals surface area contributed by atoms with E-state index in [0.717, 1.165) is 38.0 Å². The molecule has 1 aromatic rings. The van der Waals surface area contributed by atoms with Crippen LogP contribution in [0.15, 0.2) is 12.3 Å². The van der Waals surface area contributed by atoms with Crippen molar-refractivity contribution >= 4 is 0 Å². The molecular weight excluding hydrogens is 246 g/mol. The Bertz CT molecular complexity index is 398. The molecule has 2 rings (SSSR count). The highest BCUT2D eigenvalue weighted by molar-refractivity contribution is 5.07. The zero-order valence-corrected chi connectivity index (χ0v) is 13.4. The lowest BCUT2D eigenvalue weighted by atomic mass is 9.74. The van der Waals surface area contributed by atoms with Gasteiger partial charge in [0.1, 0.15) is 0 Å². The summed E-state index contributed by atoms with van der Waals surface area (Å²) in [7, 11) is 0. The summed E-state index contributed by atoms with van der Waals surface area (Å²) < 4.78 is 2.14. The fraction of sp³-hybridized carbons (Fsp3) is 0.824. The number of nitrogens with zero attached hydrogens (tertiary/aromatic N) is 2. The van der Waals surface area contributed by atoms with Crippen molar-refractivity contribution < 1.29 is 0 Å². The van der Waals surface area contributed by atoms with E-state index in [4.69, 9.17) is 10.8 Å². The average molecular weight is 277 g/mol. The van der Waals surface area contributed by atoms with Crippen LogP contribution in [0.2, 0.25) is 0 Å². The quantitative estimate of drug-likeness (QED) is 0.851. The summed E-state index contributed by atoms with van der Waals surface area (Å²) in [5.74, 6) is 0.897. The summed E-state index contributed by atoms with van der Waals surface area (Å²) in [6.07, 6.45) is 11.6. The second-order valence-electron chi connectivity index (χ2n) is 6.65. The molecule has 1 saturated carbocycles. The van der Waals surface area contributed by atoms with Crippen molar-refractivity contribution in [3.63, 3.8) is 0 Å². The van der Waals surface area contributed by atoms with Crippen LogP contribution in [0.25, 0.3) is 0 Å². The largest absolute Gasteiger partial charge is 0.325 e. The Morgan fingerprint density at radius 3 is 2.50 bits per heavy atom. The van der Waals surface area contributed by atoms with Gasteiger partial charge < -0.3 is 5.73 Å². The molecule has 0 amide bonds. The van der Waals surface area contributed by atoms with Gasteiger partial charge in [-0.3, -0.25) is 4.68 Å². The summed E-state index contributed by atoms with van der Waals surface area (Å²) in [5, 5.41) is 4.77. The van der Waals surface area contributed by atoms with Crippen LogP contribution >= 0.6 is 0 Å². The minimum absolute atomic E-state index is 0.0151. The van der Waals surface area contributed by atoms with E-state index in [-0.39, 0.29) is 5.54 Å². The maximum atomic E-state index is 6.61. The molecule has 0 bridgehead atoms. The van der Waals surface area contributed by atoms with Gasteiger partial charge in [0.05, 0.1) is 11.7 Å². The van der Waals surface area contributed by atoms with Gasteiger partial charge in [0.15, 0.2) is 0 Å². The third kappa shape index (κ3) is 3.63. The molecular formula is C17H31N3. The van der Waals surface area contributed by atoms with Gasteiger partial charge in [-0.25, -0.2) is 0 Å². The molecule has 3 heteroatoms. The van der Waals surface area contributed by atoms with Gasteiger partial charge in [-0.05, 0) is 50.5 Å². The Kier molecular flexibility index (Phi) is 5.25. The second-order valence-corrected chi connectivity index (χ2v) is 6.65. The minimum atomic E-state index is -0.0151. The lowest BCUT2D eigenvalue weighted by Gasteiger charge is -2.36. The molecule has 0 radical (unpaired) electrons.